The number of aromatic nitrogens is 2. The molecule has 44 heavy (non-hydrogen) atoms. The van der Waals surface area contributed by atoms with Gasteiger partial charge >= 0.3 is 6.01 Å². The molecule has 9 nitrogen and oxygen atoms in total. The fourth-order valence-corrected chi connectivity index (χ4v) is 6.29. The molecule has 3 heterocycles. The molecule has 0 unspecified atom stereocenters. The first kappa shape index (κ1) is 30.1. The van der Waals surface area contributed by atoms with Crippen molar-refractivity contribution in [2.75, 3.05) is 62.4 Å². The highest BCUT2D eigenvalue weighted by Gasteiger charge is 2.35. The molecule has 1 aliphatic carbocycles. The van der Waals surface area contributed by atoms with Crippen molar-refractivity contribution in [2.24, 2.45) is 0 Å². The van der Waals surface area contributed by atoms with E-state index in [4.69, 9.17) is 37.6 Å². The van der Waals surface area contributed by atoms with Crippen molar-refractivity contribution < 1.29 is 18.7 Å². The normalized spacial score (nSPS) is 18.5. The van der Waals surface area contributed by atoms with Gasteiger partial charge in [-0.1, -0.05) is 35.9 Å². The Morgan fingerprint density at radius 3 is 2.75 bits per heavy atom. The molecule has 3 aliphatic rings. The molecule has 0 radical (unpaired) electrons. The molecule has 2 aromatic carbocycles. The second-order valence-electron chi connectivity index (χ2n) is 11.3. The minimum Gasteiger partial charge on any atom is -0.463 e. The Labute approximate surface area is 262 Å². The van der Waals surface area contributed by atoms with Gasteiger partial charge in [-0.05, 0) is 42.9 Å². The molecule has 2 fully saturated rings. The van der Waals surface area contributed by atoms with Crippen LogP contribution >= 0.6 is 11.6 Å². The Bertz CT molecular complexity index is 1570. The number of fused-ring (bicyclic) bond motifs is 2. The van der Waals surface area contributed by atoms with Crippen LogP contribution in [0.15, 0.2) is 48.6 Å². The van der Waals surface area contributed by atoms with E-state index >= 15 is 0 Å². The molecule has 11 heteroatoms. The first-order valence-corrected chi connectivity index (χ1v) is 15.6. The van der Waals surface area contributed by atoms with E-state index in [-0.39, 0.29) is 18.5 Å². The zero-order valence-electron chi connectivity index (χ0n) is 24.6. The molecule has 0 spiro atoms. The number of piperazine rings is 1. The topological polar surface area (TPSA) is 75.4 Å². The Hall–Kier alpha value is -3.94. The van der Waals surface area contributed by atoms with E-state index in [1.165, 1.54) is 12.2 Å². The maximum Gasteiger partial charge on any atom is 0.318 e. The number of anilines is 2. The van der Waals surface area contributed by atoms with Crippen LogP contribution in [-0.2, 0) is 22.5 Å². The van der Waals surface area contributed by atoms with Gasteiger partial charge in [0.05, 0.1) is 36.6 Å². The minimum absolute atomic E-state index is 0.152. The van der Waals surface area contributed by atoms with Crippen LogP contribution in [0.25, 0.3) is 15.6 Å². The summed E-state index contributed by atoms with van der Waals surface area (Å²) in [5.74, 6) is 0.513. The summed E-state index contributed by atoms with van der Waals surface area (Å²) < 4.78 is 24.5. The van der Waals surface area contributed by atoms with Gasteiger partial charge in [0, 0.05) is 55.3 Å². The molecule has 230 valence electrons. The highest BCUT2D eigenvalue weighted by atomic mass is 35.5. The van der Waals surface area contributed by atoms with Crippen LogP contribution < -0.4 is 14.5 Å². The number of halogens is 2. The van der Waals surface area contributed by atoms with Crippen molar-refractivity contribution in [3.63, 3.8) is 0 Å². The number of carbonyl (C=O) groups is 1. The third-order valence-corrected chi connectivity index (χ3v) is 8.62. The smallest absolute Gasteiger partial charge is 0.318 e. The lowest BCUT2D eigenvalue weighted by atomic mass is 10.0. The fraction of sp³-hybridized carbons (Fsp3) is 0.455. The molecule has 2 aliphatic heterocycles. The number of carbonyl (C=O) groups excluding carboxylic acids is 1. The molecule has 1 saturated carbocycles. The van der Waals surface area contributed by atoms with Crippen molar-refractivity contribution in [2.45, 2.75) is 44.4 Å². The molecule has 6 rings (SSSR count). The van der Waals surface area contributed by atoms with Gasteiger partial charge in [-0.25, -0.2) is 11.0 Å². The summed E-state index contributed by atoms with van der Waals surface area (Å²) in [6, 6.07) is 12.1. The highest BCUT2D eigenvalue weighted by molar-refractivity contribution is 6.36. The van der Waals surface area contributed by atoms with Crippen LogP contribution in [-0.4, -0.2) is 85.5 Å². The number of benzene rings is 2. The molecular weight excluding hydrogens is 583 g/mol. The van der Waals surface area contributed by atoms with Crippen molar-refractivity contribution in [3.8, 4) is 6.01 Å². The van der Waals surface area contributed by atoms with E-state index in [0.717, 1.165) is 59.3 Å². The van der Waals surface area contributed by atoms with Crippen LogP contribution in [0.2, 0.25) is 5.02 Å². The van der Waals surface area contributed by atoms with Crippen LogP contribution in [0.1, 0.15) is 30.5 Å². The van der Waals surface area contributed by atoms with E-state index in [9.17, 15) is 9.18 Å². The van der Waals surface area contributed by atoms with E-state index in [1.54, 1.807) is 4.90 Å². The maximum absolute atomic E-state index is 12.8. The van der Waals surface area contributed by atoms with Gasteiger partial charge in [-0.2, -0.15) is 9.97 Å². The van der Waals surface area contributed by atoms with Gasteiger partial charge in [-0.3, -0.25) is 4.79 Å². The number of nitrogens with zero attached hydrogens (tertiary/aromatic N) is 6. The summed E-state index contributed by atoms with van der Waals surface area (Å²) in [4.78, 5) is 32.3. The average molecular weight is 619 g/mol. The molecule has 0 N–H and O–H groups in total. The predicted molar refractivity (Wildman–Crippen MR) is 169 cm³/mol. The van der Waals surface area contributed by atoms with Gasteiger partial charge < -0.3 is 29.0 Å². The van der Waals surface area contributed by atoms with Crippen LogP contribution in [0, 0.1) is 6.57 Å². The Morgan fingerprint density at radius 2 is 1.95 bits per heavy atom. The number of ether oxygens (including phenoxy) is 2. The second-order valence-corrected chi connectivity index (χ2v) is 11.7. The zero-order valence-corrected chi connectivity index (χ0v) is 25.4. The third-order valence-electron chi connectivity index (χ3n) is 8.31. The number of alkyl halides is 1. The first-order valence-electron chi connectivity index (χ1n) is 15.2. The minimum atomic E-state index is -0.705. The quantitative estimate of drug-likeness (QED) is 0.165. The molecule has 1 amide bonds. The van der Waals surface area contributed by atoms with Crippen molar-refractivity contribution in [1.82, 2.24) is 14.9 Å². The van der Waals surface area contributed by atoms with Crippen LogP contribution in [0.5, 0.6) is 6.01 Å². The molecule has 1 atom stereocenters. The Kier molecular flexibility index (Phi) is 9.43. The van der Waals surface area contributed by atoms with Crippen molar-refractivity contribution in [3.05, 3.63) is 76.2 Å². The van der Waals surface area contributed by atoms with E-state index in [2.05, 4.69) is 32.8 Å². The second kappa shape index (κ2) is 13.8. The molecule has 3 aromatic rings. The summed E-state index contributed by atoms with van der Waals surface area (Å²) in [6.45, 7) is 10.7. The third kappa shape index (κ3) is 6.74. The number of hydrogen-bond donors (Lipinski definition) is 0. The zero-order chi connectivity index (χ0) is 30.5. The molecule has 1 saturated heterocycles. The Morgan fingerprint density at radius 1 is 1.11 bits per heavy atom. The number of allylic oxidation sites excluding steroid dienone is 1. The fourth-order valence-electron chi connectivity index (χ4n) is 6.01. The van der Waals surface area contributed by atoms with Crippen molar-refractivity contribution >= 4 is 39.8 Å². The van der Waals surface area contributed by atoms with E-state index in [0.29, 0.717) is 63.0 Å². The highest BCUT2D eigenvalue weighted by Crippen LogP contribution is 2.37. The summed E-state index contributed by atoms with van der Waals surface area (Å²) >= 11 is 6.68. The van der Waals surface area contributed by atoms with Gasteiger partial charge in [0.1, 0.15) is 18.5 Å². The van der Waals surface area contributed by atoms with E-state index < -0.39 is 6.67 Å². The lowest BCUT2D eigenvalue weighted by Gasteiger charge is -2.41. The van der Waals surface area contributed by atoms with Gasteiger partial charge in [-0.15, -0.1) is 0 Å². The van der Waals surface area contributed by atoms with Crippen LogP contribution in [0.3, 0.4) is 0 Å². The molecular formula is C33H36ClFN6O3. The number of rotatable bonds is 11. The van der Waals surface area contributed by atoms with Gasteiger partial charge in [0.2, 0.25) is 12.5 Å². The van der Waals surface area contributed by atoms with Gasteiger partial charge in [0.25, 0.3) is 0 Å². The SMILES string of the molecule is [C-]#[N+]C[C@H]1CN(c2nc(OCCCOC3CC3)nc3c2CCN(c2cccc4cccc(Cl)c24)C3)CCN1C(=O)/C=C/CF. The Balaban J connectivity index is 1.28. The van der Waals surface area contributed by atoms with Crippen molar-refractivity contribution in [1.29, 1.82) is 0 Å². The summed E-state index contributed by atoms with van der Waals surface area (Å²) in [6.07, 6.45) is 6.59. The average Bonchev–Trinajstić information content (AvgIpc) is 3.87. The predicted octanol–water partition coefficient (Wildman–Crippen LogP) is 5.26. The summed E-state index contributed by atoms with van der Waals surface area (Å²) in [5, 5.41) is 2.82. The molecule has 0 bridgehead atoms. The number of hydrogen-bond acceptors (Lipinski definition) is 7. The largest absolute Gasteiger partial charge is 0.463 e. The van der Waals surface area contributed by atoms with Gasteiger partial charge in [0.15, 0.2) is 0 Å². The lowest BCUT2D eigenvalue weighted by molar-refractivity contribution is -0.128. The monoisotopic (exact) mass is 618 g/mol. The first-order chi connectivity index (χ1) is 21.6. The number of amides is 1. The summed E-state index contributed by atoms with van der Waals surface area (Å²) in [5.41, 5.74) is 3.00. The maximum atomic E-state index is 12.8. The van der Waals surface area contributed by atoms with Crippen LogP contribution in [0.4, 0.5) is 15.9 Å². The standard InChI is InChI=1S/C33H36ClFN6O3/c1-36-20-24-21-40(16-17-41(24)30(42)10-4-14-35)32-26-13-15-39(29-9-3-7-23-6-2-8-27(34)31(23)29)22-28(26)37-33(38-32)44-19-5-18-43-25-11-12-25/h2-4,6-10,24-25H,5,11-22H2/b10-4+/t24-/m0/s1. The molecule has 1 aromatic heterocycles. The summed E-state index contributed by atoms with van der Waals surface area (Å²) in [7, 11) is 0. The van der Waals surface area contributed by atoms with E-state index in [1.807, 2.05) is 18.2 Å². The lowest BCUT2D eigenvalue weighted by Crippen LogP contribution is -2.56.